The summed E-state index contributed by atoms with van der Waals surface area (Å²) in [5.41, 5.74) is 7.59. The van der Waals surface area contributed by atoms with Gasteiger partial charge in [0.15, 0.2) is 0 Å². The molecule has 1 atom stereocenters. The molecular formula is C14H22N2OS. The maximum Gasteiger partial charge on any atom is 0.222 e. The van der Waals surface area contributed by atoms with Gasteiger partial charge in [0.25, 0.3) is 0 Å². The van der Waals surface area contributed by atoms with Crippen LogP contribution < -0.4 is 5.73 Å². The van der Waals surface area contributed by atoms with Crippen molar-refractivity contribution in [2.75, 3.05) is 24.8 Å². The highest BCUT2D eigenvalue weighted by atomic mass is 32.2. The number of carbonyl (C=O) groups excluding carboxylic acids is 1. The van der Waals surface area contributed by atoms with Crippen LogP contribution in [0.3, 0.4) is 0 Å². The van der Waals surface area contributed by atoms with Crippen LogP contribution in [0.4, 0.5) is 5.69 Å². The van der Waals surface area contributed by atoms with Crippen molar-refractivity contribution in [1.29, 1.82) is 0 Å². The number of nitrogens with zero attached hydrogens (tertiary/aromatic N) is 1. The van der Waals surface area contributed by atoms with Gasteiger partial charge in [-0.1, -0.05) is 12.1 Å². The molecule has 0 aliphatic heterocycles. The van der Waals surface area contributed by atoms with Crippen LogP contribution in [-0.2, 0) is 11.2 Å². The molecule has 0 spiro atoms. The van der Waals surface area contributed by atoms with E-state index in [2.05, 4.69) is 13.2 Å². The van der Waals surface area contributed by atoms with Crippen LogP contribution in [0.5, 0.6) is 0 Å². The van der Waals surface area contributed by atoms with E-state index in [0.29, 0.717) is 6.42 Å². The fraction of sp³-hybridized carbons (Fsp3) is 0.500. The van der Waals surface area contributed by atoms with E-state index in [9.17, 15) is 4.79 Å². The highest BCUT2D eigenvalue weighted by molar-refractivity contribution is 7.98. The van der Waals surface area contributed by atoms with Gasteiger partial charge in [0.05, 0.1) is 0 Å². The number of hydrogen-bond donors (Lipinski definition) is 1. The number of aryl methyl sites for hydroxylation is 1. The first-order chi connectivity index (χ1) is 8.54. The van der Waals surface area contributed by atoms with E-state index in [1.807, 2.05) is 36.2 Å². The zero-order valence-corrected chi connectivity index (χ0v) is 12.2. The fourth-order valence-electron chi connectivity index (χ4n) is 1.78. The Balaban J connectivity index is 2.45. The summed E-state index contributed by atoms with van der Waals surface area (Å²) in [6.07, 6.45) is 3.35. The van der Waals surface area contributed by atoms with Crippen molar-refractivity contribution in [3.05, 3.63) is 29.8 Å². The fourth-order valence-corrected chi connectivity index (χ4v) is 2.48. The summed E-state index contributed by atoms with van der Waals surface area (Å²) in [6, 6.07) is 8.01. The molecule has 1 aromatic rings. The van der Waals surface area contributed by atoms with Crippen LogP contribution in [0.15, 0.2) is 24.3 Å². The zero-order valence-electron chi connectivity index (χ0n) is 11.3. The molecule has 0 aromatic heterocycles. The lowest BCUT2D eigenvalue weighted by atomic mass is 10.1. The van der Waals surface area contributed by atoms with E-state index in [-0.39, 0.29) is 11.9 Å². The topological polar surface area (TPSA) is 46.3 Å². The molecule has 1 amide bonds. The zero-order chi connectivity index (χ0) is 13.5. The highest BCUT2D eigenvalue weighted by Gasteiger charge is 2.14. The first-order valence-electron chi connectivity index (χ1n) is 6.13. The number of nitrogen functional groups attached to an aromatic ring is 1. The van der Waals surface area contributed by atoms with Gasteiger partial charge in [0, 0.05) is 31.0 Å². The smallest absolute Gasteiger partial charge is 0.222 e. The van der Waals surface area contributed by atoms with E-state index >= 15 is 0 Å². The average Bonchev–Trinajstić information content (AvgIpc) is 2.35. The summed E-state index contributed by atoms with van der Waals surface area (Å²) >= 11 is 1.76. The van der Waals surface area contributed by atoms with Gasteiger partial charge in [-0.25, -0.2) is 0 Å². The van der Waals surface area contributed by atoms with Crippen LogP contribution in [0, 0.1) is 0 Å². The minimum atomic E-state index is 0.193. The summed E-state index contributed by atoms with van der Waals surface area (Å²) in [4.78, 5) is 13.8. The van der Waals surface area contributed by atoms with E-state index < -0.39 is 0 Å². The quantitative estimate of drug-likeness (QED) is 0.804. The van der Waals surface area contributed by atoms with Crippen molar-refractivity contribution in [3.63, 3.8) is 0 Å². The maximum absolute atomic E-state index is 12.0. The maximum atomic E-state index is 12.0. The van der Waals surface area contributed by atoms with Gasteiger partial charge in [-0.15, -0.1) is 0 Å². The minimum absolute atomic E-state index is 0.193. The Kier molecular flexibility index (Phi) is 6.05. The van der Waals surface area contributed by atoms with Crippen LogP contribution in [-0.4, -0.2) is 35.9 Å². The molecule has 1 unspecified atom stereocenters. The van der Waals surface area contributed by atoms with Crippen LogP contribution in [0.1, 0.15) is 18.9 Å². The van der Waals surface area contributed by atoms with Crippen LogP contribution in [0.2, 0.25) is 0 Å². The van der Waals surface area contributed by atoms with Gasteiger partial charge in [-0.05, 0) is 37.3 Å². The number of benzene rings is 1. The summed E-state index contributed by atoms with van der Waals surface area (Å²) in [7, 11) is 1.88. The lowest BCUT2D eigenvalue weighted by Gasteiger charge is -2.24. The van der Waals surface area contributed by atoms with Crippen LogP contribution >= 0.6 is 11.8 Å². The molecule has 0 aliphatic carbocycles. The molecule has 0 radical (unpaired) electrons. The van der Waals surface area contributed by atoms with E-state index in [1.54, 1.807) is 11.8 Å². The molecule has 0 saturated heterocycles. The van der Waals surface area contributed by atoms with Crippen molar-refractivity contribution in [2.45, 2.75) is 25.8 Å². The van der Waals surface area contributed by atoms with Crippen molar-refractivity contribution in [1.82, 2.24) is 4.90 Å². The van der Waals surface area contributed by atoms with Crippen molar-refractivity contribution in [2.24, 2.45) is 0 Å². The van der Waals surface area contributed by atoms with Gasteiger partial charge in [0.2, 0.25) is 5.91 Å². The monoisotopic (exact) mass is 266 g/mol. The lowest BCUT2D eigenvalue weighted by molar-refractivity contribution is -0.131. The third-order valence-corrected chi connectivity index (χ3v) is 3.86. The first-order valence-corrected chi connectivity index (χ1v) is 7.53. The number of nitrogens with two attached hydrogens (primary N) is 1. The SMILES string of the molecule is CSCC(C)N(C)C(=O)CCc1cccc(N)c1. The second-order valence-electron chi connectivity index (χ2n) is 4.55. The number of anilines is 1. The molecular weight excluding hydrogens is 244 g/mol. The number of amides is 1. The summed E-state index contributed by atoms with van der Waals surface area (Å²) in [6.45, 7) is 2.08. The Morgan fingerprint density at radius 1 is 1.50 bits per heavy atom. The van der Waals surface area contributed by atoms with Gasteiger partial charge in [-0.3, -0.25) is 4.79 Å². The Morgan fingerprint density at radius 3 is 2.83 bits per heavy atom. The van der Waals surface area contributed by atoms with Crippen molar-refractivity contribution < 1.29 is 4.79 Å². The molecule has 1 rings (SSSR count). The van der Waals surface area contributed by atoms with Crippen LogP contribution in [0.25, 0.3) is 0 Å². The largest absolute Gasteiger partial charge is 0.399 e. The van der Waals surface area contributed by atoms with E-state index in [0.717, 1.165) is 23.4 Å². The Morgan fingerprint density at radius 2 is 2.22 bits per heavy atom. The Labute approximate surface area is 114 Å². The van der Waals surface area contributed by atoms with Crippen molar-refractivity contribution >= 4 is 23.4 Å². The molecule has 1 aromatic carbocycles. The second kappa shape index (κ2) is 7.31. The third kappa shape index (κ3) is 4.61. The second-order valence-corrected chi connectivity index (χ2v) is 5.46. The molecule has 3 nitrogen and oxygen atoms in total. The Hall–Kier alpha value is -1.16. The summed E-state index contributed by atoms with van der Waals surface area (Å²) in [5.74, 6) is 1.17. The molecule has 0 saturated carbocycles. The van der Waals surface area contributed by atoms with E-state index in [1.165, 1.54) is 0 Å². The molecule has 18 heavy (non-hydrogen) atoms. The average molecular weight is 266 g/mol. The first kappa shape index (κ1) is 14.9. The number of hydrogen-bond acceptors (Lipinski definition) is 3. The summed E-state index contributed by atoms with van der Waals surface area (Å²) < 4.78 is 0. The van der Waals surface area contributed by atoms with Gasteiger partial charge in [0.1, 0.15) is 0 Å². The van der Waals surface area contributed by atoms with Gasteiger partial charge < -0.3 is 10.6 Å². The molecule has 0 fully saturated rings. The molecule has 0 heterocycles. The molecule has 2 N–H and O–H groups in total. The Bertz CT molecular complexity index is 395. The lowest BCUT2D eigenvalue weighted by Crippen LogP contribution is -2.36. The number of rotatable bonds is 6. The molecule has 100 valence electrons. The highest BCUT2D eigenvalue weighted by Crippen LogP contribution is 2.11. The van der Waals surface area contributed by atoms with Gasteiger partial charge in [-0.2, -0.15) is 11.8 Å². The van der Waals surface area contributed by atoms with Crippen molar-refractivity contribution in [3.8, 4) is 0 Å². The predicted molar refractivity (Wildman–Crippen MR) is 79.8 cm³/mol. The number of carbonyl (C=O) groups is 1. The predicted octanol–water partition coefficient (Wildman–Crippen LogP) is 2.41. The normalized spacial score (nSPS) is 12.2. The molecule has 0 aliphatic rings. The van der Waals surface area contributed by atoms with E-state index in [4.69, 9.17) is 5.73 Å². The number of thioether (sulfide) groups is 1. The summed E-state index contributed by atoms with van der Waals surface area (Å²) in [5, 5.41) is 0. The molecule has 4 heteroatoms. The minimum Gasteiger partial charge on any atom is -0.399 e. The molecule has 0 bridgehead atoms. The standard InChI is InChI=1S/C14H22N2OS/c1-11(10-18-3)16(2)14(17)8-7-12-5-4-6-13(15)9-12/h4-6,9,11H,7-8,10,15H2,1-3H3. The van der Waals surface area contributed by atoms with Gasteiger partial charge >= 0.3 is 0 Å². The third-order valence-electron chi connectivity index (χ3n) is 3.04.